The van der Waals surface area contributed by atoms with Gasteiger partial charge in [0.2, 0.25) is 5.88 Å². The SMILES string of the molecule is Cc1ccc(C(C)C)c(Oc2nc(C)ccc2C(=N)N)c1. The van der Waals surface area contributed by atoms with Crippen LogP contribution in [0, 0.1) is 19.3 Å². The molecule has 1 aromatic heterocycles. The predicted molar refractivity (Wildman–Crippen MR) is 85.3 cm³/mol. The Morgan fingerprint density at radius 2 is 1.90 bits per heavy atom. The van der Waals surface area contributed by atoms with Gasteiger partial charge in [-0.3, -0.25) is 5.41 Å². The molecule has 0 saturated heterocycles. The predicted octanol–water partition coefficient (Wildman–Crippen LogP) is 3.90. The number of hydrogen-bond acceptors (Lipinski definition) is 3. The fourth-order valence-corrected chi connectivity index (χ4v) is 2.13. The zero-order chi connectivity index (χ0) is 15.6. The van der Waals surface area contributed by atoms with E-state index in [0.29, 0.717) is 17.4 Å². The molecule has 0 fully saturated rings. The summed E-state index contributed by atoms with van der Waals surface area (Å²) in [7, 11) is 0. The normalized spacial score (nSPS) is 10.7. The van der Waals surface area contributed by atoms with Crippen LogP contribution in [0.4, 0.5) is 0 Å². The number of pyridine rings is 1. The van der Waals surface area contributed by atoms with E-state index in [-0.39, 0.29) is 5.84 Å². The van der Waals surface area contributed by atoms with E-state index in [4.69, 9.17) is 15.9 Å². The molecule has 4 heteroatoms. The van der Waals surface area contributed by atoms with E-state index in [0.717, 1.165) is 22.6 Å². The summed E-state index contributed by atoms with van der Waals surface area (Å²) in [6.07, 6.45) is 0. The number of nitrogens with two attached hydrogens (primary N) is 1. The van der Waals surface area contributed by atoms with Gasteiger partial charge in [-0.2, -0.15) is 0 Å². The van der Waals surface area contributed by atoms with Gasteiger partial charge in [0.05, 0.1) is 5.56 Å². The molecule has 0 atom stereocenters. The topological polar surface area (TPSA) is 72.0 Å². The molecule has 0 aliphatic carbocycles. The van der Waals surface area contributed by atoms with Crippen LogP contribution in [0.15, 0.2) is 30.3 Å². The molecular formula is C17H21N3O. The number of nitrogens with one attached hydrogen (secondary N) is 1. The Bertz CT molecular complexity index is 678. The second-order valence-corrected chi connectivity index (χ2v) is 5.52. The van der Waals surface area contributed by atoms with Gasteiger partial charge in [0, 0.05) is 5.69 Å². The van der Waals surface area contributed by atoms with Crippen molar-refractivity contribution in [2.75, 3.05) is 0 Å². The Labute approximate surface area is 125 Å². The van der Waals surface area contributed by atoms with Crippen LogP contribution in [0.5, 0.6) is 11.6 Å². The minimum atomic E-state index is -0.0451. The summed E-state index contributed by atoms with van der Waals surface area (Å²) in [5, 5.41) is 7.65. The Kier molecular flexibility index (Phi) is 4.26. The van der Waals surface area contributed by atoms with E-state index >= 15 is 0 Å². The zero-order valence-electron chi connectivity index (χ0n) is 12.9. The first-order chi connectivity index (χ1) is 9.88. The number of rotatable bonds is 4. The first-order valence-electron chi connectivity index (χ1n) is 6.99. The van der Waals surface area contributed by atoms with E-state index in [1.165, 1.54) is 0 Å². The molecule has 0 unspecified atom stereocenters. The summed E-state index contributed by atoms with van der Waals surface area (Å²) in [5.74, 6) is 1.45. The highest BCUT2D eigenvalue weighted by Gasteiger charge is 2.14. The smallest absolute Gasteiger partial charge is 0.230 e. The maximum Gasteiger partial charge on any atom is 0.230 e. The van der Waals surface area contributed by atoms with Gasteiger partial charge in [0.25, 0.3) is 0 Å². The summed E-state index contributed by atoms with van der Waals surface area (Å²) in [4.78, 5) is 4.38. The summed E-state index contributed by atoms with van der Waals surface area (Å²) in [6, 6.07) is 9.72. The highest BCUT2D eigenvalue weighted by atomic mass is 16.5. The molecule has 21 heavy (non-hydrogen) atoms. The Morgan fingerprint density at radius 1 is 1.19 bits per heavy atom. The monoisotopic (exact) mass is 283 g/mol. The lowest BCUT2D eigenvalue weighted by Crippen LogP contribution is -2.13. The third-order valence-corrected chi connectivity index (χ3v) is 3.29. The van der Waals surface area contributed by atoms with Crippen molar-refractivity contribution in [3.05, 3.63) is 52.7 Å². The van der Waals surface area contributed by atoms with Crippen LogP contribution >= 0.6 is 0 Å². The molecule has 110 valence electrons. The quantitative estimate of drug-likeness (QED) is 0.660. The Balaban J connectivity index is 2.49. The summed E-state index contributed by atoms with van der Waals surface area (Å²) in [5.41, 5.74) is 9.17. The highest BCUT2D eigenvalue weighted by Crippen LogP contribution is 2.32. The lowest BCUT2D eigenvalue weighted by molar-refractivity contribution is 0.451. The van der Waals surface area contributed by atoms with Gasteiger partial charge in [-0.15, -0.1) is 0 Å². The van der Waals surface area contributed by atoms with E-state index in [1.807, 2.05) is 26.0 Å². The zero-order valence-corrected chi connectivity index (χ0v) is 12.9. The fourth-order valence-electron chi connectivity index (χ4n) is 2.13. The Hall–Kier alpha value is -2.36. The van der Waals surface area contributed by atoms with Crippen LogP contribution < -0.4 is 10.5 Å². The van der Waals surface area contributed by atoms with E-state index in [2.05, 4.69) is 31.0 Å². The second kappa shape index (κ2) is 5.95. The van der Waals surface area contributed by atoms with Crippen molar-refractivity contribution in [3.63, 3.8) is 0 Å². The van der Waals surface area contributed by atoms with Gasteiger partial charge in [0.15, 0.2) is 0 Å². The van der Waals surface area contributed by atoms with Crippen molar-refractivity contribution < 1.29 is 4.74 Å². The molecule has 0 aliphatic rings. The highest BCUT2D eigenvalue weighted by molar-refractivity contribution is 5.97. The Morgan fingerprint density at radius 3 is 2.52 bits per heavy atom. The number of ether oxygens (including phenoxy) is 1. The maximum absolute atomic E-state index is 7.65. The van der Waals surface area contributed by atoms with Crippen molar-refractivity contribution in [2.24, 2.45) is 5.73 Å². The largest absolute Gasteiger partial charge is 0.438 e. The number of nitrogen functional groups attached to an aromatic ring is 1. The molecular weight excluding hydrogens is 262 g/mol. The first-order valence-corrected chi connectivity index (χ1v) is 6.99. The van der Waals surface area contributed by atoms with Gasteiger partial charge in [-0.25, -0.2) is 4.98 Å². The number of aromatic nitrogens is 1. The lowest BCUT2D eigenvalue weighted by Gasteiger charge is -2.16. The standard InChI is InChI=1S/C17H21N3O/c1-10(2)13-7-5-11(3)9-15(13)21-17-14(16(18)19)8-6-12(4)20-17/h5-10H,1-4H3,(H3,18,19). The molecule has 0 radical (unpaired) electrons. The van der Waals surface area contributed by atoms with Crippen molar-refractivity contribution in [1.82, 2.24) is 4.98 Å². The van der Waals surface area contributed by atoms with Crippen LogP contribution in [0.1, 0.15) is 42.1 Å². The van der Waals surface area contributed by atoms with Gasteiger partial charge in [-0.1, -0.05) is 26.0 Å². The van der Waals surface area contributed by atoms with Gasteiger partial charge in [-0.05, 0) is 49.1 Å². The molecule has 3 N–H and O–H groups in total. The molecule has 0 saturated carbocycles. The van der Waals surface area contributed by atoms with Crippen LogP contribution in [0.3, 0.4) is 0 Å². The second-order valence-electron chi connectivity index (χ2n) is 5.52. The third kappa shape index (κ3) is 3.40. The first kappa shape index (κ1) is 15.0. The van der Waals surface area contributed by atoms with Crippen molar-refractivity contribution >= 4 is 5.84 Å². The van der Waals surface area contributed by atoms with E-state index in [9.17, 15) is 0 Å². The minimum Gasteiger partial charge on any atom is -0.438 e. The summed E-state index contributed by atoms with van der Waals surface area (Å²) in [6.45, 7) is 8.14. The molecule has 0 amide bonds. The average Bonchev–Trinajstić information content (AvgIpc) is 2.38. The molecule has 2 rings (SSSR count). The summed E-state index contributed by atoms with van der Waals surface area (Å²) >= 11 is 0. The van der Waals surface area contributed by atoms with Crippen molar-refractivity contribution in [2.45, 2.75) is 33.6 Å². The van der Waals surface area contributed by atoms with Crippen molar-refractivity contribution in [3.8, 4) is 11.6 Å². The van der Waals surface area contributed by atoms with Gasteiger partial charge in [0.1, 0.15) is 11.6 Å². The molecule has 1 heterocycles. The molecule has 1 aromatic carbocycles. The molecule has 2 aromatic rings. The third-order valence-electron chi connectivity index (χ3n) is 3.29. The molecule has 0 spiro atoms. The fraction of sp³-hybridized carbons (Fsp3) is 0.294. The number of benzene rings is 1. The lowest BCUT2D eigenvalue weighted by atomic mass is 10.0. The van der Waals surface area contributed by atoms with Crippen molar-refractivity contribution in [1.29, 1.82) is 5.41 Å². The van der Waals surface area contributed by atoms with E-state index < -0.39 is 0 Å². The number of nitrogens with zero attached hydrogens (tertiary/aromatic N) is 1. The van der Waals surface area contributed by atoms with Gasteiger partial charge < -0.3 is 10.5 Å². The number of aryl methyl sites for hydroxylation is 2. The molecule has 0 aliphatic heterocycles. The van der Waals surface area contributed by atoms with Gasteiger partial charge >= 0.3 is 0 Å². The number of amidine groups is 1. The number of hydrogen-bond donors (Lipinski definition) is 2. The summed E-state index contributed by atoms with van der Waals surface area (Å²) < 4.78 is 5.99. The van der Waals surface area contributed by atoms with Crippen LogP contribution in [-0.4, -0.2) is 10.8 Å². The van der Waals surface area contributed by atoms with Crippen LogP contribution in [0.25, 0.3) is 0 Å². The average molecular weight is 283 g/mol. The molecule has 0 bridgehead atoms. The molecule has 4 nitrogen and oxygen atoms in total. The minimum absolute atomic E-state index is 0.0451. The maximum atomic E-state index is 7.65. The van der Waals surface area contributed by atoms with Crippen LogP contribution in [-0.2, 0) is 0 Å². The van der Waals surface area contributed by atoms with Crippen LogP contribution in [0.2, 0.25) is 0 Å². The van der Waals surface area contributed by atoms with E-state index in [1.54, 1.807) is 6.07 Å².